The van der Waals surface area contributed by atoms with E-state index in [-0.39, 0.29) is 5.91 Å². The van der Waals surface area contributed by atoms with Crippen molar-refractivity contribution in [3.05, 3.63) is 52.0 Å². The topological polar surface area (TPSA) is 79.7 Å². The largest absolute Gasteiger partial charge is 0.487 e. The van der Waals surface area contributed by atoms with E-state index in [1.807, 2.05) is 36.6 Å². The Kier molecular flexibility index (Phi) is 5.68. The van der Waals surface area contributed by atoms with Gasteiger partial charge in [-0.15, -0.1) is 11.3 Å². The van der Waals surface area contributed by atoms with Crippen molar-refractivity contribution in [2.45, 2.75) is 32.4 Å². The van der Waals surface area contributed by atoms with Crippen LogP contribution < -0.4 is 4.74 Å². The number of ether oxygens (including phenoxy) is 1. The standard InChI is InChI=1S/C19H20N2O4S/c1-13-20-15(12-26-13)11-25-16-7-4-14(5-8-16)6-9-18(22)21-10-2-3-17(21)19(23)24/h4-9,12,17H,2-3,10-11H2,1H3,(H,23,24). The molecule has 1 N–H and O–H groups in total. The van der Waals surface area contributed by atoms with Crippen LogP contribution in [0.3, 0.4) is 0 Å². The second-order valence-electron chi connectivity index (χ2n) is 6.08. The first-order valence-corrected chi connectivity index (χ1v) is 9.26. The molecule has 1 aromatic heterocycles. The van der Waals surface area contributed by atoms with Crippen LogP contribution in [0.15, 0.2) is 35.7 Å². The van der Waals surface area contributed by atoms with E-state index in [2.05, 4.69) is 4.98 Å². The van der Waals surface area contributed by atoms with E-state index in [0.717, 1.165) is 28.4 Å². The number of rotatable bonds is 6. The van der Waals surface area contributed by atoms with Gasteiger partial charge in [0.1, 0.15) is 18.4 Å². The number of aliphatic carboxylic acids is 1. The van der Waals surface area contributed by atoms with Crippen LogP contribution in [0.2, 0.25) is 0 Å². The molecule has 26 heavy (non-hydrogen) atoms. The molecule has 0 saturated carbocycles. The molecule has 0 aliphatic carbocycles. The maximum absolute atomic E-state index is 12.2. The number of aromatic nitrogens is 1. The van der Waals surface area contributed by atoms with Gasteiger partial charge in [-0.3, -0.25) is 4.79 Å². The number of hydrogen-bond acceptors (Lipinski definition) is 5. The number of carbonyl (C=O) groups is 2. The van der Waals surface area contributed by atoms with Crippen LogP contribution in [0.25, 0.3) is 6.08 Å². The van der Waals surface area contributed by atoms with Gasteiger partial charge in [-0.05, 0) is 43.5 Å². The zero-order valence-corrected chi connectivity index (χ0v) is 15.2. The first-order chi connectivity index (χ1) is 12.5. The van der Waals surface area contributed by atoms with E-state index >= 15 is 0 Å². The summed E-state index contributed by atoms with van der Waals surface area (Å²) in [6.45, 7) is 2.87. The highest BCUT2D eigenvalue weighted by molar-refractivity contribution is 7.09. The molecule has 0 bridgehead atoms. The summed E-state index contributed by atoms with van der Waals surface area (Å²) in [5.41, 5.74) is 1.75. The summed E-state index contributed by atoms with van der Waals surface area (Å²) in [6.07, 6.45) is 4.35. The monoisotopic (exact) mass is 372 g/mol. The van der Waals surface area contributed by atoms with Gasteiger partial charge in [-0.25, -0.2) is 9.78 Å². The lowest BCUT2D eigenvalue weighted by atomic mass is 10.2. The van der Waals surface area contributed by atoms with E-state index in [1.165, 1.54) is 11.0 Å². The number of aryl methyl sites for hydroxylation is 1. The fourth-order valence-corrected chi connectivity index (χ4v) is 3.45. The zero-order chi connectivity index (χ0) is 18.5. The van der Waals surface area contributed by atoms with Crippen LogP contribution in [-0.2, 0) is 16.2 Å². The van der Waals surface area contributed by atoms with Gasteiger partial charge < -0.3 is 14.7 Å². The molecule has 1 atom stereocenters. The van der Waals surface area contributed by atoms with Crippen LogP contribution >= 0.6 is 11.3 Å². The van der Waals surface area contributed by atoms with E-state index in [0.29, 0.717) is 19.6 Å². The number of carboxylic acid groups (broad SMARTS) is 1. The fourth-order valence-electron chi connectivity index (χ4n) is 2.86. The average molecular weight is 372 g/mol. The molecule has 0 spiro atoms. The molecular formula is C19H20N2O4S. The second-order valence-corrected chi connectivity index (χ2v) is 7.14. The van der Waals surface area contributed by atoms with Crippen molar-refractivity contribution in [2.24, 2.45) is 0 Å². The van der Waals surface area contributed by atoms with E-state index in [1.54, 1.807) is 17.4 Å². The third kappa shape index (κ3) is 4.49. The molecule has 2 aromatic rings. The Labute approximate surface area is 155 Å². The van der Waals surface area contributed by atoms with E-state index in [9.17, 15) is 9.59 Å². The Morgan fingerprint density at radius 2 is 2.15 bits per heavy atom. The number of thiazole rings is 1. The predicted octanol–water partition coefficient (Wildman–Crippen LogP) is 3.12. The highest BCUT2D eigenvalue weighted by atomic mass is 32.1. The lowest BCUT2D eigenvalue weighted by Gasteiger charge is -2.19. The van der Waals surface area contributed by atoms with Gasteiger partial charge in [0.05, 0.1) is 10.7 Å². The van der Waals surface area contributed by atoms with Crippen LogP contribution in [0, 0.1) is 6.92 Å². The molecule has 1 unspecified atom stereocenters. The number of benzene rings is 1. The van der Waals surface area contributed by atoms with Gasteiger partial charge in [0.2, 0.25) is 5.91 Å². The lowest BCUT2D eigenvalue weighted by Crippen LogP contribution is -2.39. The van der Waals surface area contributed by atoms with Gasteiger partial charge in [-0.2, -0.15) is 0 Å². The summed E-state index contributed by atoms with van der Waals surface area (Å²) in [5, 5.41) is 12.1. The first kappa shape index (κ1) is 18.1. The Hall–Kier alpha value is -2.67. The van der Waals surface area contributed by atoms with E-state index in [4.69, 9.17) is 9.84 Å². The highest BCUT2D eigenvalue weighted by Gasteiger charge is 2.32. The Bertz CT molecular complexity index is 813. The van der Waals surface area contributed by atoms with Crippen molar-refractivity contribution in [2.75, 3.05) is 6.54 Å². The predicted molar refractivity (Wildman–Crippen MR) is 99.0 cm³/mol. The number of carboxylic acids is 1. The number of nitrogens with zero attached hydrogens (tertiary/aromatic N) is 2. The molecule has 1 amide bonds. The van der Waals surface area contributed by atoms with Gasteiger partial charge in [0.25, 0.3) is 0 Å². The molecule has 6 nitrogen and oxygen atoms in total. The molecule has 136 valence electrons. The molecule has 7 heteroatoms. The third-order valence-electron chi connectivity index (χ3n) is 4.17. The summed E-state index contributed by atoms with van der Waals surface area (Å²) < 4.78 is 5.69. The maximum atomic E-state index is 12.2. The second kappa shape index (κ2) is 8.14. The van der Waals surface area contributed by atoms with Gasteiger partial charge in [-0.1, -0.05) is 12.1 Å². The maximum Gasteiger partial charge on any atom is 0.326 e. The highest BCUT2D eigenvalue weighted by Crippen LogP contribution is 2.19. The molecule has 1 aliphatic heterocycles. The molecule has 1 fully saturated rings. The lowest BCUT2D eigenvalue weighted by molar-refractivity contribution is -0.146. The van der Waals surface area contributed by atoms with Gasteiger partial charge in [0.15, 0.2) is 0 Å². The summed E-state index contributed by atoms with van der Waals surface area (Å²) in [7, 11) is 0. The van der Waals surface area contributed by atoms with Crippen LogP contribution in [0.4, 0.5) is 0 Å². The average Bonchev–Trinajstić information content (AvgIpc) is 3.28. The van der Waals surface area contributed by atoms with E-state index < -0.39 is 12.0 Å². The van der Waals surface area contributed by atoms with Crippen molar-refractivity contribution in [3.63, 3.8) is 0 Å². The zero-order valence-electron chi connectivity index (χ0n) is 14.4. The third-order valence-corrected chi connectivity index (χ3v) is 5.00. The first-order valence-electron chi connectivity index (χ1n) is 8.38. The number of amides is 1. The minimum atomic E-state index is -0.943. The molecule has 2 heterocycles. The smallest absolute Gasteiger partial charge is 0.326 e. The quantitative estimate of drug-likeness (QED) is 0.788. The normalized spacial score (nSPS) is 17.0. The van der Waals surface area contributed by atoms with Crippen LogP contribution in [0.1, 0.15) is 29.1 Å². The molecule has 3 rings (SSSR count). The number of hydrogen-bond donors (Lipinski definition) is 1. The summed E-state index contributed by atoms with van der Waals surface area (Å²) in [4.78, 5) is 29.1. The summed E-state index contributed by atoms with van der Waals surface area (Å²) in [5.74, 6) is -0.486. The van der Waals surface area contributed by atoms with Crippen molar-refractivity contribution in [1.29, 1.82) is 0 Å². The van der Waals surface area contributed by atoms with Crippen molar-refractivity contribution >= 4 is 29.3 Å². The SMILES string of the molecule is Cc1nc(COc2ccc(C=CC(=O)N3CCCC3C(=O)O)cc2)cs1. The number of carbonyl (C=O) groups excluding carboxylic acids is 1. The fraction of sp³-hybridized carbons (Fsp3) is 0.316. The Morgan fingerprint density at radius 1 is 1.38 bits per heavy atom. The molecular weight excluding hydrogens is 352 g/mol. The Balaban J connectivity index is 1.55. The summed E-state index contributed by atoms with van der Waals surface area (Å²) in [6, 6.07) is 6.66. The minimum Gasteiger partial charge on any atom is -0.487 e. The summed E-state index contributed by atoms with van der Waals surface area (Å²) >= 11 is 1.59. The van der Waals surface area contributed by atoms with Gasteiger partial charge in [0, 0.05) is 18.0 Å². The molecule has 1 aromatic carbocycles. The van der Waals surface area contributed by atoms with Crippen molar-refractivity contribution in [1.82, 2.24) is 9.88 Å². The molecule has 1 aliphatic rings. The number of likely N-dealkylation sites (tertiary alicyclic amines) is 1. The van der Waals surface area contributed by atoms with Crippen molar-refractivity contribution < 1.29 is 19.4 Å². The Morgan fingerprint density at radius 3 is 2.81 bits per heavy atom. The van der Waals surface area contributed by atoms with Crippen molar-refractivity contribution in [3.8, 4) is 5.75 Å². The molecule has 0 radical (unpaired) electrons. The minimum absolute atomic E-state index is 0.269. The van der Waals surface area contributed by atoms with Crippen LogP contribution in [0.5, 0.6) is 5.75 Å². The van der Waals surface area contributed by atoms with Crippen LogP contribution in [-0.4, -0.2) is 39.5 Å². The van der Waals surface area contributed by atoms with Gasteiger partial charge >= 0.3 is 5.97 Å². The molecule has 1 saturated heterocycles.